The predicted molar refractivity (Wildman–Crippen MR) is 569 cm³/mol. The summed E-state index contributed by atoms with van der Waals surface area (Å²) in [5.41, 5.74) is 28.8. The number of pyridine rings is 7. The van der Waals surface area contributed by atoms with Crippen LogP contribution in [0.1, 0.15) is 107 Å². The number of aromatic nitrogens is 21. The van der Waals surface area contributed by atoms with Crippen molar-refractivity contribution in [3.05, 3.63) is 327 Å². The van der Waals surface area contributed by atoms with Crippen LogP contribution < -0.4 is 42.9 Å². The summed E-state index contributed by atoms with van der Waals surface area (Å²) in [6, 6.07) is 40.0. The molecule has 0 bridgehead atoms. The molecule has 1 aliphatic carbocycles. The van der Waals surface area contributed by atoms with Gasteiger partial charge in [-0.3, -0.25) is 80.7 Å². The van der Waals surface area contributed by atoms with Crippen LogP contribution in [-0.4, -0.2) is 239 Å². The van der Waals surface area contributed by atoms with E-state index in [1.165, 1.54) is 41.7 Å². The number of rotatable bonds is 12. The Morgan fingerprint density at radius 2 is 0.808 bits per heavy atom. The van der Waals surface area contributed by atoms with E-state index in [1.54, 1.807) is 61.6 Å². The SMILES string of the molecule is CCN1CC=C(c2ccc3nc(-c4cc5cnc(C)cn5n4)cc(=O)n3c2)CC1.Cc1cc2cc(-c3cc(=O)n4cc(N5CCN(C)CC5)ccc4n3)oc2c(C)n1.Cc1cc2cc(-c3cc(=O)n4cc(N5CCNCC5)ccc4n3)oc2c(C)n1.Cc1cn2nc(-c3cc(=O)n4cc(C5=CCN(C)CC5)ccc4n3)cc2cn1.Cc1cn2nc(-c3cc(=O)n4cc(C5=CCN(C6CC6)CC5)cc(C)c4n3)cc2c(C)n1. The van der Waals surface area contributed by atoms with Crippen molar-refractivity contribution in [2.45, 2.75) is 107 Å². The first-order valence-corrected chi connectivity index (χ1v) is 49.7. The van der Waals surface area contributed by atoms with Crippen LogP contribution >= 0.6 is 0 Å². The molecule has 35 heteroatoms. The minimum atomic E-state index is -0.122. The van der Waals surface area contributed by atoms with E-state index in [0.29, 0.717) is 85.3 Å². The van der Waals surface area contributed by atoms with Crippen LogP contribution in [0.5, 0.6) is 0 Å². The second kappa shape index (κ2) is 39.4. The number of aryl methyl sites for hydroxylation is 9. The lowest BCUT2D eigenvalue weighted by Gasteiger charge is -2.34. The number of hydrogen-bond acceptors (Lipinski definition) is 27. The highest BCUT2D eigenvalue weighted by molar-refractivity contribution is 5.86. The lowest BCUT2D eigenvalue weighted by Crippen LogP contribution is -2.44. The lowest BCUT2D eigenvalue weighted by molar-refractivity contribution is 0.291. The number of fused-ring (bicyclic) bond motifs is 10. The summed E-state index contributed by atoms with van der Waals surface area (Å²) in [4.78, 5) is 124. The fourth-order valence-electron chi connectivity index (χ4n) is 20.0. The number of anilines is 2. The summed E-state index contributed by atoms with van der Waals surface area (Å²) in [6.07, 6.45) is 31.1. The third kappa shape index (κ3) is 19.7. The number of likely N-dealkylation sites (N-methyl/N-ethyl adjacent to an activating group) is 3. The van der Waals surface area contributed by atoms with Gasteiger partial charge in [-0.05, 0) is 251 Å². The van der Waals surface area contributed by atoms with Gasteiger partial charge in [0, 0.05) is 181 Å². The van der Waals surface area contributed by atoms with Crippen molar-refractivity contribution in [3.8, 4) is 57.1 Å². The molecular weight excluding hydrogens is 1840 g/mol. The van der Waals surface area contributed by atoms with Gasteiger partial charge in [-0.25, -0.2) is 38.5 Å². The highest BCUT2D eigenvalue weighted by Gasteiger charge is 2.31. The third-order valence-corrected chi connectivity index (χ3v) is 28.1. The maximum absolute atomic E-state index is 13.1. The Bertz CT molecular complexity index is 9020. The molecular formula is C111H112N28O7. The van der Waals surface area contributed by atoms with E-state index < -0.39 is 0 Å². The van der Waals surface area contributed by atoms with Crippen LogP contribution in [0.3, 0.4) is 0 Å². The molecule has 2 saturated heterocycles. The number of nitrogens with zero attached hydrogens (tertiary/aromatic N) is 27. The fraction of sp³-hybridized carbons (Fsp3) is 0.297. The van der Waals surface area contributed by atoms with E-state index >= 15 is 0 Å². The van der Waals surface area contributed by atoms with E-state index in [1.807, 2.05) is 201 Å². The number of furan rings is 2. The molecule has 20 aromatic heterocycles. The molecule has 26 rings (SSSR count). The Morgan fingerprint density at radius 3 is 1.32 bits per heavy atom. The normalized spacial score (nSPS) is 15.7. The summed E-state index contributed by atoms with van der Waals surface area (Å²) in [7, 11) is 4.24. The number of hydrogen-bond donors (Lipinski definition) is 1. The summed E-state index contributed by atoms with van der Waals surface area (Å²) in [6.45, 7) is 34.5. The molecule has 0 aromatic carbocycles. The van der Waals surface area contributed by atoms with Crippen molar-refractivity contribution in [2.24, 2.45) is 0 Å². The van der Waals surface area contributed by atoms with E-state index in [4.69, 9.17) is 13.8 Å². The zero-order valence-electron chi connectivity index (χ0n) is 83.8. The van der Waals surface area contributed by atoms with Crippen LogP contribution in [0.4, 0.5) is 11.4 Å². The zero-order valence-corrected chi connectivity index (χ0v) is 83.8. The van der Waals surface area contributed by atoms with Crippen molar-refractivity contribution < 1.29 is 8.83 Å². The van der Waals surface area contributed by atoms with Gasteiger partial charge in [0.25, 0.3) is 27.8 Å². The van der Waals surface area contributed by atoms with Crippen molar-refractivity contribution in [2.75, 3.05) is 122 Å². The molecule has 0 atom stereocenters. The van der Waals surface area contributed by atoms with E-state index in [9.17, 15) is 24.0 Å². The van der Waals surface area contributed by atoms with E-state index in [-0.39, 0.29) is 27.8 Å². The topological polar surface area (TPSA) is 346 Å². The molecule has 5 aliphatic heterocycles. The molecule has 35 nitrogen and oxygen atoms in total. The minimum absolute atomic E-state index is 0.0888. The van der Waals surface area contributed by atoms with E-state index in [2.05, 4.69) is 146 Å². The Kier molecular flexibility index (Phi) is 25.5. The quantitative estimate of drug-likeness (QED) is 0.119. The molecule has 0 spiro atoms. The highest BCUT2D eigenvalue weighted by atomic mass is 16.3. The van der Waals surface area contributed by atoms with Crippen LogP contribution in [0.2, 0.25) is 0 Å². The van der Waals surface area contributed by atoms with Crippen molar-refractivity contribution in [1.82, 2.24) is 126 Å². The van der Waals surface area contributed by atoms with Crippen molar-refractivity contribution in [1.29, 1.82) is 0 Å². The molecule has 6 aliphatic rings. The molecule has 0 radical (unpaired) electrons. The smallest absolute Gasteiger partial charge is 0.258 e. The Labute approximate surface area is 838 Å². The summed E-state index contributed by atoms with van der Waals surface area (Å²) >= 11 is 0. The molecule has 3 fully saturated rings. The standard InChI is InChI=1S/C25H26N6O.C22H22N6O.C22H23N5O2.C21H20N6O.C21H21N5O2/c1-15-10-19(18-6-8-29(9-7-18)20-4-5-20)14-30-24(32)12-21(27-25(15)30)22-11-23-17(3)26-16(2)13-31(23)28-22;1-3-26-8-6-16(7-9-26)17-4-5-21-24-19(11-22(29)27(21)14-17)20-10-18-12-23-15(2)13-28(18)25-20;1-14-10-16-11-19(29-22(16)15(2)23-14)18-12-21(28)27-13-17(4-5-20(27)24-18)26-8-6-25(3)7-9-26;1-14-12-27-17(11-22-14)9-19(24-27)18-10-21(28)26-13-16(3-4-20(26)23-18)15-5-7-25(2)8-6-15;1-13-9-15-10-18(28-21(15)14(2)23-13)17-11-20(27)26-12-16(3-4-19(26)24-17)25-7-5-22-6-8-25/h6,10-14,20H,4-5,7-9H2,1-3H3;4-6,10-14H,3,7-9H2,1-2H3;4-5,10-13H,6-9H2,1-3H3;3-5,9-13H,6-8H2,1-2H3;3-4,9-12,22H,5-8H2,1-2H3. The Morgan fingerprint density at radius 1 is 0.363 bits per heavy atom. The molecule has 0 amide bonds. The Balaban J connectivity index is 0.000000104. The van der Waals surface area contributed by atoms with Crippen molar-refractivity contribution >= 4 is 94.8 Å². The largest absolute Gasteiger partial charge is 0.453 e. The van der Waals surface area contributed by atoms with Crippen LogP contribution in [0.25, 0.3) is 141 Å². The van der Waals surface area contributed by atoms with Crippen molar-refractivity contribution in [3.63, 3.8) is 0 Å². The molecule has 25 heterocycles. The van der Waals surface area contributed by atoms with Gasteiger partial charge < -0.3 is 33.8 Å². The van der Waals surface area contributed by atoms with Gasteiger partial charge in [0.05, 0.1) is 110 Å². The second-order valence-corrected chi connectivity index (χ2v) is 38.8. The van der Waals surface area contributed by atoms with Gasteiger partial charge in [-0.1, -0.05) is 25.2 Å². The van der Waals surface area contributed by atoms with Gasteiger partial charge in [0.15, 0.2) is 22.7 Å². The summed E-state index contributed by atoms with van der Waals surface area (Å²) in [5.74, 6) is 1.16. The maximum atomic E-state index is 13.1. The lowest BCUT2D eigenvalue weighted by atomic mass is 9.99. The van der Waals surface area contributed by atoms with Crippen LogP contribution in [-0.2, 0) is 0 Å². The molecule has 1 saturated carbocycles. The molecule has 0 unspecified atom stereocenters. The summed E-state index contributed by atoms with van der Waals surface area (Å²) in [5, 5.41) is 19.0. The first kappa shape index (κ1) is 94.6. The minimum Gasteiger partial charge on any atom is -0.453 e. The predicted octanol–water partition coefficient (Wildman–Crippen LogP) is 14.2. The molecule has 146 heavy (non-hydrogen) atoms. The number of piperazine rings is 2. The average Bonchev–Trinajstić information content (AvgIpc) is 1.80. The third-order valence-electron chi connectivity index (χ3n) is 28.1. The molecule has 738 valence electrons. The van der Waals surface area contributed by atoms with Gasteiger partial charge >= 0.3 is 0 Å². The maximum Gasteiger partial charge on any atom is 0.258 e. The number of nitrogens with one attached hydrogen (secondary N) is 1. The first-order chi connectivity index (χ1) is 70.7. The highest BCUT2D eigenvalue weighted by Crippen LogP contribution is 2.36. The van der Waals surface area contributed by atoms with E-state index in [0.717, 1.165) is 241 Å². The fourth-order valence-corrected chi connectivity index (χ4v) is 20.0. The monoisotopic (exact) mass is 1950 g/mol. The Hall–Kier alpha value is -16.3. The average molecular weight is 1950 g/mol. The van der Waals surface area contributed by atoms with Gasteiger partial charge in [0.2, 0.25) is 0 Å². The van der Waals surface area contributed by atoms with Gasteiger partial charge in [0.1, 0.15) is 56.7 Å². The van der Waals surface area contributed by atoms with Gasteiger partial charge in [-0.15, -0.1) is 0 Å². The zero-order chi connectivity index (χ0) is 101. The first-order valence-electron chi connectivity index (χ1n) is 49.7. The van der Waals surface area contributed by atoms with Gasteiger partial charge in [-0.2, -0.15) is 15.3 Å². The van der Waals surface area contributed by atoms with Crippen LogP contribution in [0, 0.1) is 62.3 Å². The summed E-state index contributed by atoms with van der Waals surface area (Å²) < 4.78 is 25.4. The second-order valence-electron chi connectivity index (χ2n) is 38.8. The molecule has 20 aromatic rings. The van der Waals surface area contributed by atoms with Crippen LogP contribution in [0.15, 0.2) is 240 Å². The molecule has 1 N–H and O–H groups in total.